The van der Waals surface area contributed by atoms with Gasteiger partial charge in [-0.05, 0) is 28.4 Å². The van der Waals surface area contributed by atoms with Crippen molar-refractivity contribution in [2.24, 2.45) is 0 Å². The number of rotatable bonds is 3. The van der Waals surface area contributed by atoms with E-state index < -0.39 is 0 Å². The molecule has 4 nitrogen and oxygen atoms in total. The van der Waals surface area contributed by atoms with Crippen LogP contribution >= 0.6 is 0 Å². The fourth-order valence-corrected chi connectivity index (χ4v) is 2.86. The first-order chi connectivity index (χ1) is 11.8. The maximum atomic E-state index is 11.2. The van der Waals surface area contributed by atoms with E-state index in [1.54, 1.807) is 6.07 Å². The molecule has 4 heteroatoms. The van der Waals surface area contributed by atoms with E-state index in [2.05, 4.69) is 37.9 Å². The third-order valence-electron chi connectivity index (χ3n) is 4.40. The van der Waals surface area contributed by atoms with Crippen LogP contribution in [0.4, 0.5) is 5.82 Å². The first-order valence-corrected chi connectivity index (χ1v) is 8.31. The molecule has 0 amide bonds. The average Bonchev–Trinajstić information content (AvgIpc) is 3.00. The van der Waals surface area contributed by atoms with Gasteiger partial charge < -0.3 is 10.1 Å². The molecule has 0 aliphatic heterocycles. The highest BCUT2D eigenvalue weighted by Crippen LogP contribution is 2.36. The van der Waals surface area contributed by atoms with Crippen LogP contribution < -0.4 is 0 Å². The summed E-state index contributed by atoms with van der Waals surface area (Å²) in [5.74, 6) is 0.00507. The summed E-state index contributed by atoms with van der Waals surface area (Å²) in [5, 5.41) is 11.2. The van der Waals surface area contributed by atoms with E-state index in [4.69, 9.17) is 0 Å². The number of hydrogen-bond acceptors (Lipinski definition) is 2. The van der Waals surface area contributed by atoms with Gasteiger partial charge in [-0.2, -0.15) is 0 Å². The second-order valence-electron chi connectivity index (χ2n) is 7.39. The lowest BCUT2D eigenvalue weighted by atomic mass is 9.86. The Bertz CT molecular complexity index is 899. The number of aromatic amines is 1. The average molecular weight is 334 g/mol. The summed E-state index contributed by atoms with van der Waals surface area (Å²) in [4.78, 5) is 13.8. The predicted molar refractivity (Wildman–Crippen MR) is 102 cm³/mol. The van der Waals surface area contributed by atoms with Gasteiger partial charge in [-0.15, -0.1) is 0 Å². The number of H-pyrrole nitrogens is 1. The highest BCUT2D eigenvalue weighted by Gasteiger charge is 2.20. The molecule has 3 rings (SSSR count). The van der Waals surface area contributed by atoms with E-state index in [1.807, 2.05) is 43.3 Å². The summed E-state index contributed by atoms with van der Waals surface area (Å²) in [5.41, 5.74) is 5.98. The highest BCUT2D eigenvalue weighted by atomic mass is 16.6. The Morgan fingerprint density at radius 1 is 0.920 bits per heavy atom. The van der Waals surface area contributed by atoms with Gasteiger partial charge in [-0.25, -0.2) is 4.98 Å². The summed E-state index contributed by atoms with van der Waals surface area (Å²) in [6.07, 6.45) is 0. The van der Waals surface area contributed by atoms with E-state index >= 15 is 0 Å². The van der Waals surface area contributed by atoms with Crippen molar-refractivity contribution in [3.05, 3.63) is 75.8 Å². The molecule has 0 aliphatic rings. The molecule has 1 heterocycles. The number of aryl methyl sites for hydroxylation is 1. The van der Waals surface area contributed by atoms with Gasteiger partial charge in [0.1, 0.15) is 5.69 Å². The minimum Gasteiger partial charge on any atom is -0.358 e. The van der Waals surface area contributed by atoms with Crippen molar-refractivity contribution in [1.82, 2.24) is 4.98 Å². The number of benzene rings is 2. The third-order valence-corrected chi connectivity index (χ3v) is 4.40. The SMILES string of the molecule is Cc1ccc(-c2[nH]c([N+](=O)[O-])cc2-c2ccc(C(C)(C)C)cc2)cc1. The lowest BCUT2D eigenvalue weighted by Crippen LogP contribution is -2.10. The number of nitrogens with one attached hydrogen (secondary N) is 1. The Hall–Kier alpha value is -2.88. The normalized spacial score (nSPS) is 11.5. The molecule has 0 spiro atoms. The molecule has 0 unspecified atom stereocenters. The van der Waals surface area contributed by atoms with Gasteiger partial charge >= 0.3 is 5.82 Å². The van der Waals surface area contributed by atoms with Gasteiger partial charge in [0.05, 0.1) is 0 Å². The van der Waals surface area contributed by atoms with E-state index in [1.165, 1.54) is 5.56 Å². The van der Waals surface area contributed by atoms with Gasteiger partial charge in [-0.1, -0.05) is 74.9 Å². The summed E-state index contributed by atoms with van der Waals surface area (Å²) in [6, 6.07) is 17.8. The molecule has 0 radical (unpaired) electrons. The molecule has 0 saturated carbocycles. The summed E-state index contributed by atoms with van der Waals surface area (Å²) in [6.45, 7) is 8.52. The molecular formula is C21H22N2O2. The van der Waals surface area contributed by atoms with Crippen molar-refractivity contribution in [2.45, 2.75) is 33.1 Å². The third kappa shape index (κ3) is 3.48. The highest BCUT2D eigenvalue weighted by molar-refractivity contribution is 5.83. The van der Waals surface area contributed by atoms with Gasteiger partial charge in [0.2, 0.25) is 0 Å². The lowest BCUT2D eigenvalue weighted by Gasteiger charge is -2.19. The maximum Gasteiger partial charge on any atom is 0.321 e. The van der Waals surface area contributed by atoms with E-state index in [9.17, 15) is 10.1 Å². The molecule has 2 aromatic carbocycles. The lowest BCUT2D eigenvalue weighted by molar-refractivity contribution is -0.389. The van der Waals surface area contributed by atoms with Crippen LogP contribution in [0.5, 0.6) is 0 Å². The van der Waals surface area contributed by atoms with Crippen molar-refractivity contribution in [3.8, 4) is 22.4 Å². The van der Waals surface area contributed by atoms with Crippen LogP contribution in [0, 0.1) is 17.0 Å². The standard InChI is InChI=1S/C21H22N2O2/c1-14-5-7-16(8-6-14)20-18(13-19(22-20)23(24)25)15-9-11-17(12-10-15)21(2,3)4/h5-13,22H,1-4H3. The van der Waals surface area contributed by atoms with Gasteiger partial charge in [0.15, 0.2) is 0 Å². The molecule has 25 heavy (non-hydrogen) atoms. The number of nitro groups is 1. The fraction of sp³-hybridized carbons (Fsp3) is 0.238. The molecular weight excluding hydrogens is 312 g/mol. The largest absolute Gasteiger partial charge is 0.358 e. The van der Waals surface area contributed by atoms with Crippen molar-refractivity contribution in [1.29, 1.82) is 0 Å². The molecule has 1 aromatic heterocycles. The summed E-state index contributed by atoms with van der Waals surface area (Å²) in [7, 11) is 0. The second kappa shape index (κ2) is 6.20. The van der Waals surface area contributed by atoms with E-state index in [-0.39, 0.29) is 16.2 Å². The Morgan fingerprint density at radius 3 is 2.00 bits per heavy atom. The second-order valence-corrected chi connectivity index (χ2v) is 7.39. The van der Waals surface area contributed by atoms with Gasteiger partial charge in [0, 0.05) is 17.2 Å². The first kappa shape index (κ1) is 17.0. The monoisotopic (exact) mass is 334 g/mol. The summed E-state index contributed by atoms with van der Waals surface area (Å²) >= 11 is 0. The zero-order valence-electron chi connectivity index (χ0n) is 15.0. The van der Waals surface area contributed by atoms with Crippen LogP contribution in [0.25, 0.3) is 22.4 Å². The van der Waals surface area contributed by atoms with Crippen LogP contribution in [0.15, 0.2) is 54.6 Å². The smallest absolute Gasteiger partial charge is 0.321 e. The Balaban J connectivity index is 2.11. The zero-order valence-corrected chi connectivity index (χ0v) is 15.0. The van der Waals surface area contributed by atoms with Crippen molar-refractivity contribution >= 4 is 5.82 Å². The Kier molecular flexibility index (Phi) is 4.21. The molecule has 0 aliphatic carbocycles. The number of aromatic nitrogens is 1. The number of hydrogen-bond donors (Lipinski definition) is 1. The molecule has 128 valence electrons. The molecule has 0 saturated heterocycles. The van der Waals surface area contributed by atoms with Crippen molar-refractivity contribution in [2.75, 3.05) is 0 Å². The van der Waals surface area contributed by atoms with E-state index in [0.29, 0.717) is 0 Å². The minimum absolute atomic E-state index is 0.00507. The Morgan fingerprint density at radius 2 is 1.48 bits per heavy atom. The van der Waals surface area contributed by atoms with Crippen LogP contribution in [-0.2, 0) is 5.41 Å². The van der Waals surface area contributed by atoms with Crippen LogP contribution in [0.1, 0.15) is 31.9 Å². The first-order valence-electron chi connectivity index (χ1n) is 8.31. The van der Waals surface area contributed by atoms with Crippen LogP contribution in [0.3, 0.4) is 0 Å². The summed E-state index contributed by atoms with van der Waals surface area (Å²) < 4.78 is 0. The number of nitrogens with zero attached hydrogens (tertiary/aromatic N) is 1. The molecule has 0 atom stereocenters. The van der Waals surface area contributed by atoms with Crippen LogP contribution in [0.2, 0.25) is 0 Å². The van der Waals surface area contributed by atoms with Gasteiger partial charge in [-0.3, -0.25) is 0 Å². The van der Waals surface area contributed by atoms with Crippen molar-refractivity contribution in [3.63, 3.8) is 0 Å². The van der Waals surface area contributed by atoms with Crippen LogP contribution in [-0.4, -0.2) is 9.91 Å². The quantitative estimate of drug-likeness (QED) is 0.481. The van der Waals surface area contributed by atoms with E-state index in [0.717, 1.165) is 27.9 Å². The van der Waals surface area contributed by atoms with Gasteiger partial charge in [0.25, 0.3) is 0 Å². The predicted octanol–water partition coefficient (Wildman–Crippen LogP) is 5.86. The van der Waals surface area contributed by atoms with Crippen molar-refractivity contribution < 1.29 is 4.92 Å². The zero-order chi connectivity index (χ0) is 18.2. The molecule has 0 fully saturated rings. The molecule has 3 aromatic rings. The maximum absolute atomic E-state index is 11.2. The topological polar surface area (TPSA) is 58.9 Å². The Labute approximate surface area is 147 Å². The minimum atomic E-state index is -0.384. The molecule has 1 N–H and O–H groups in total. The fourth-order valence-electron chi connectivity index (χ4n) is 2.86. The molecule has 0 bridgehead atoms.